The molecule has 1 aromatic rings. The van der Waals surface area contributed by atoms with Crippen molar-refractivity contribution in [3.63, 3.8) is 0 Å². The molecule has 0 aromatic heterocycles. The molecule has 98 valence electrons. The lowest BCUT2D eigenvalue weighted by Crippen LogP contribution is -2.41. The van der Waals surface area contributed by atoms with Gasteiger partial charge in [0.25, 0.3) is 0 Å². The van der Waals surface area contributed by atoms with Gasteiger partial charge < -0.3 is 14.6 Å². The molecule has 4 heteroatoms. The maximum atomic E-state index is 9.46. The number of fused-ring (bicyclic) bond motifs is 1. The molecule has 0 saturated carbocycles. The minimum atomic E-state index is 0.266. The molecule has 2 aliphatic heterocycles. The highest BCUT2D eigenvalue weighted by Gasteiger charge is 2.32. The lowest BCUT2D eigenvalue weighted by molar-refractivity contribution is 0.0107. The normalized spacial score (nSPS) is 27.8. The van der Waals surface area contributed by atoms with E-state index < -0.39 is 0 Å². The third-order valence-corrected chi connectivity index (χ3v) is 3.94. The van der Waals surface area contributed by atoms with E-state index in [9.17, 15) is 5.11 Å². The van der Waals surface area contributed by atoms with Crippen molar-refractivity contribution in [2.24, 2.45) is 0 Å². The predicted molar refractivity (Wildman–Crippen MR) is 67.9 cm³/mol. The molecule has 0 amide bonds. The fourth-order valence-corrected chi connectivity index (χ4v) is 2.93. The SMILES string of the molecule is COC1CCCN(C2COc3cc(O)ccc32)C1. The van der Waals surface area contributed by atoms with Crippen LogP contribution in [0.4, 0.5) is 0 Å². The molecule has 0 bridgehead atoms. The summed E-state index contributed by atoms with van der Waals surface area (Å²) in [5, 5.41) is 9.46. The van der Waals surface area contributed by atoms with Gasteiger partial charge in [-0.15, -0.1) is 0 Å². The summed E-state index contributed by atoms with van der Waals surface area (Å²) in [6.07, 6.45) is 2.64. The lowest BCUT2D eigenvalue weighted by atomic mass is 10.0. The first kappa shape index (κ1) is 11.8. The van der Waals surface area contributed by atoms with Crippen LogP contribution in [0, 0.1) is 0 Å². The van der Waals surface area contributed by atoms with Crippen LogP contribution >= 0.6 is 0 Å². The number of methoxy groups -OCH3 is 1. The van der Waals surface area contributed by atoms with Crippen molar-refractivity contribution in [3.05, 3.63) is 23.8 Å². The van der Waals surface area contributed by atoms with E-state index in [0.717, 1.165) is 25.3 Å². The highest BCUT2D eigenvalue weighted by molar-refractivity contribution is 5.44. The second-order valence-electron chi connectivity index (χ2n) is 5.04. The maximum absolute atomic E-state index is 9.46. The Morgan fingerprint density at radius 1 is 1.44 bits per heavy atom. The van der Waals surface area contributed by atoms with Gasteiger partial charge in [0.05, 0.1) is 12.1 Å². The van der Waals surface area contributed by atoms with Crippen molar-refractivity contribution in [3.8, 4) is 11.5 Å². The van der Waals surface area contributed by atoms with Gasteiger partial charge in [-0.25, -0.2) is 0 Å². The topological polar surface area (TPSA) is 41.9 Å². The third kappa shape index (κ3) is 2.06. The van der Waals surface area contributed by atoms with Crippen LogP contribution in [0.5, 0.6) is 11.5 Å². The van der Waals surface area contributed by atoms with Gasteiger partial charge in [-0.1, -0.05) is 0 Å². The summed E-state index contributed by atoms with van der Waals surface area (Å²) in [5.74, 6) is 1.09. The molecule has 2 aliphatic rings. The monoisotopic (exact) mass is 249 g/mol. The van der Waals surface area contributed by atoms with Crippen molar-refractivity contribution in [1.82, 2.24) is 4.90 Å². The van der Waals surface area contributed by atoms with Gasteiger partial charge in [-0.2, -0.15) is 0 Å². The van der Waals surface area contributed by atoms with Gasteiger partial charge in [0.15, 0.2) is 0 Å². The van der Waals surface area contributed by atoms with Crippen molar-refractivity contribution in [1.29, 1.82) is 0 Å². The number of nitrogens with zero attached hydrogens (tertiary/aromatic N) is 1. The van der Waals surface area contributed by atoms with E-state index in [0.29, 0.717) is 18.8 Å². The van der Waals surface area contributed by atoms with Crippen LogP contribution in [0.3, 0.4) is 0 Å². The van der Waals surface area contributed by atoms with E-state index in [-0.39, 0.29) is 5.75 Å². The summed E-state index contributed by atoms with van der Waals surface area (Å²) in [7, 11) is 1.78. The number of phenols is 1. The van der Waals surface area contributed by atoms with E-state index in [1.165, 1.54) is 12.0 Å². The minimum absolute atomic E-state index is 0.266. The van der Waals surface area contributed by atoms with E-state index in [1.807, 2.05) is 6.07 Å². The predicted octanol–water partition coefficient (Wildman–Crippen LogP) is 1.94. The second kappa shape index (κ2) is 4.78. The Balaban J connectivity index is 1.79. The standard InChI is InChI=1S/C14H19NO3/c1-17-11-3-2-6-15(8-11)13-9-18-14-7-10(16)4-5-12(13)14/h4-5,7,11,13,16H,2-3,6,8-9H2,1H3. The van der Waals surface area contributed by atoms with Gasteiger partial charge in [-0.3, -0.25) is 4.90 Å². The van der Waals surface area contributed by atoms with Crippen molar-refractivity contribution >= 4 is 0 Å². The molecule has 2 heterocycles. The molecular weight excluding hydrogens is 230 g/mol. The van der Waals surface area contributed by atoms with Crippen LogP contribution in [-0.4, -0.2) is 42.9 Å². The molecule has 0 aliphatic carbocycles. The lowest BCUT2D eigenvalue weighted by Gasteiger charge is -2.35. The Labute approximate surface area is 107 Å². The van der Waals surface area contributed by atoms with Gasteiger partial charge in [0.2, 0.25) is 0 Å². The van der Waals surface area contributed by atoms with E-state index in [2.05, 4.69) is 4.90 Å². The van der Waals surface area contributed by atoms with Crippen molar-refractivity contribution < 1.29 is 14.6 Å². The summed E-state index contributed by atoms with van der Waals surface area (Å²) < 4.78 is 11.1. The summed E-state index contributed by atoms with van der Waals surface area (Å²) in [6.45, 7) is 2.73. The van der Waals surface area contributed by atoms with Crippen LogP contribution in [0.1, 0.15) is 24.4 Å². The number of aromatic hydroxyl groups is 1. The fourth-order valence-electron chi connectivity index (χ4n) is 2.93. The molecule has 0 spiro atoms. The molecule has 1 saturated heterocycles. The molecule has 4 nitrogen and oxygen atoms in total. The van der Waals surface area contributed by atoms with Crippen molar-refractivity contribution in [2.45, 2.75) is 25.0 Å². The summed E-state index contributed by atoms with van der Waals surface area (Å²) in [4.78, 5) is 2.43. The van der Waals surface area contributed by atoms with E-state index in [4.69, 9.17) is 9.47 Å². The Kier molecular flexibility index (Phi) is 3.14. The van der Waals surface area contributed by atoms with Crippen LogP contribution in [0.15, 0.2) is 18.2 Å². The second-order valence-corrected chi connectivity index (χ2v) is 5.04. The number of likely N-dealkylation sites (tertiary alicyclic amines) is 1. The molecule has 1 N–H and O–H groups in total. The third-order valence-electron chi connectivity index (χ3n) is 3.94. The molecule has 3 rings (SSSR count). The van der Waals surface area contributed by atoms with Crippen LogP contribution in [0.2, 0.25) is 0 Å². The summed E-state index contributed by atoms with van der Waals surface area (Å²) in [6, 6.07) is 5.71. The van der Waals surface area contributed by atoms with Gasteiger partial charge in [0.1, 0.15) is 18.1 Å². The van der Waals surface area contributed by atoms with Gasteiger partial charge in [0, 0.05) is 25.3 Å². The zero-order valence-corrected chi connectivity index (χ0v) is 10.6. The Bertz CT molecular complexity index is 435. The zero-order valence-electron chi connectivity index (χ0n) is 10.6. The summed E-state index contributed by atoms with van der Waals surface area (Å²) >= 11 is 0. The number of ether oxygens (including phenoxy) is 2. The molecule has 2 atom stereocenters. The van der Waals surface area contributed by atoms with Gasteiger partial charge in [-0.05, 0) is 31.5 Å². The first-order valence-corrected chi connectivity index (χ1v) is 6.50. The highest BCUT2D eigenvalue weighted by atomic mass is 16.5. The average molecular weight is 249 g/mol. The van der Waals surface area contributed by atoms with Crippen LogP contribution < -0.4 is 4.74 Å². The molecular formula is C14H19NO3. The largest absolute Gasteiger partial charge is 0.508 e. The number of rotatable bonds is 2. The molecule has 1 aromatic carbocycles. The van der Waals surface area contributed by atoms with Gasteiger partial charge >= 0.3 is 0 Å². The maximum Gasteiger partial charge on any atom is 0.127 e. The number of hydrogen-bond donors (Lipinski definition) is 1. The van der Waals surface area contributed by atoms with E-state index >= 15 is 0 Å². The molecule has 0 radical (unpaired) electrons. The molecule has 1 fully saturated rings. The minimum Gasteiger partial charge on any atom is -0.508 e. The molecule has 18 heavy (non-hydrogen) atoms. The van der Waals surface area contributed by atoms with Crippen LogP contribution in [0.25, 0.3) is 0 Å². The number of piperidine rings is 1. The van der Waals surface area contributed by atoms with Crippen molar-refractivity contribution in [2.75, 3.05) is 26.8 Å². The number of phenolic OH excluding ortho intramolecular Hbond substituents is 1. The smallest absolute Gasteiger partial charge is 0.127 e. The number of benzene rings is 1. The van der Waals surface area contributed by atoms with E-state index in [1.54, 1.807) is 19.2 Å². The Hall–Kier alpha value is -1.26. The Morgan fingerprint density at radius 3 is 3.17 bits per heavy atom. The highest BCUT2D eigenvalue weighted by Crippen LogP contribution is 2.39. The average Bonchev–Trinajstić information content (AvgIpc) is 2.81. The molecule has 2 unspecified atom stereocenters. The Morgan fingerprint density at radius 2 is 2.33 bits per heavy atom. The first-order chi connectivity index (χ1) is 8.78. The first-order valence-electron chi connectivity index (χ1n) is 6.50. The summed E-state index contributed by atoms with van der Waals surface area (Å²) in [5.41, 5.74) is 1.18. The van der Waals surface area contributed by atoms with Crippen LogP contribution in [-0.2, 0) is 4.74 Å². The quantitative estimate of drug-likeness (QED) is 0.869. The zero-order chi connectivity index (χ0) is 12.5. The number of hydrogen-bond acceptors (Lipinski definition) is 4. The fraction of sp³-hybridized carbons (Fsp3) is 0.571.